The van der Waals surface area contributed by atoms with Gasteiger partial charge in [-0.15, -0.1) is 0 Å². The molecule has 72 valence electrons. The van der Waals surface area contributed by atoms with Crippen LogP contribution in [0, 0.1) is 20.2 Å². The van der Waals surface area contributed by atoms with Crippen LogP contribution >= 0.6 is 0 Å². The third-order valence-electron chi connectivity index (χ3n) is 1.66. The fraction of sp³-hybridized carbons (Fsp3) is 0. The average molecular weight is 194 g/mol. The maximum Gasteiger partial charge on any atom is 0.283 e. The lowest BCUT2D eigenvalue weighted by Crippen LogP contribution is -1.96. The largest absolute Gasteiger partial charge is 0.283 e. The molecule has 0 fully saturated rings. The zero-order valence-electron chi connectivity index (χ0n) is 7.04. The van der Waals surface area contributed by atoms with Gasteiger partial charge in [0.2, 0.25) is 0 Å². The van der Waals surface area contributed by atoms with Crippen LogP contribution in [0.1, 0.15) is 5.56 Å². The highest BCUT2D eigenvalue weighted by molar-refractivity contribution is 5.69. The maximum atomic E-state index is 10.5. The number of nitro groups is 2. The van der Waals surface area contributed by atoms with Crippen molar-refractivity contribution < 1.29 is 9.85 Å². The summed E-state index contributed by atoms with van der Waals surface area (Å²) in [4.78, 5) is 19.6. The van der Waals surface area contributed by atoms with E-state index in [4.69, 9.17) is 0 Å². The van der Waals surface area contributed by atoms with Crippen LogP contribution in [0.15, 0.2) is 24.8 Å². The quantitative estimate of drug-likeness (QED) is 0.544. The minimum atomic E-state index is -0.677. The standard InChI is InChI=1S/C8H6N2O4/c1-2-6-7(9(11)12)4-3-5-8(6)10(13)14/h2-5H,1H2. The topological polar surface area (TPSA) is 86.3 Å². The summed E-state index contributed by atoms with van der Waals surface area (Å²) in [5.74, 6) is 0. The van der Waals surface area contributed by atoms with Crippen LogP contribution in [0.2, 0.25) is 0 Å². The Hall–Kier alpha value is -2.24. The number of benzene rings is 1. The van der Waals surface area contributed by atoms with Crippen LogP contribution in [-0.4, -0.2) is 9.85 Å². The molecule has 0 unspecified atom stereocenters. The molecule has 14 heavy (non-hydrogen) atoms. The highest BCUT2D eigenvalue weighted by Crippen LogP contribution is 2.28. The first-order chi connectivity index (χ1) is 6.57. The summed E-state index contributed by atoms with van der Waals surface area (Å²) < 4.78 is 0. The third kappa shape index (κ3) is 1.58. The zero-order chi connectivity index (χ0) is 10.7. The molecule has 1 aromatic carbocycles. The molecule has 0 N–H and O–H groups in total. The minimum absolute atomic E-state index is 0.0671. The lowest BCUT2D eigenvalue weighted by molar-refractivity contribution is -0.394. The van der Waals surface area contributed by atoms with Crippen LogP contribution in [0.3, 0.4) is 0 Å². The van der Waals surface area contributed by atoms with Gasteiger partial charge in [0.25, 0.3) is 11.4 Å². The first kappa shape index (κ1) is 9.85. The molecule has 0 atom stereocenters. The molecule has 6 nitrogen and oxygen atoms in total. The molecule has 0 spiro atoms. The summed E-state index contributed by atoms with van der Waals surface area (Å²) in [7, 11) is 0. The summed E-state index contributed by atoms with van der Waals surface area (Å²) in [6.45, 7) is 3.31. The lowest BCUT2D eigenvalue weighted by Gasteiger charge is -1.97. The molecule has 0 aliphatic carbocycles. The van der Waals surface area contributed by atoms with E-state index in [0.717, 1.165) is 6.08 Å². The van der Waals surface area contributed by atoms with E-state index < -0.39 is 9.85 Å². The van der Waals surface area contributed by atoms with Gasteiger partial charge in [-0.05, 0) is 12.1 Å². The van der Waals surface area contributed by atoms with Crippen molar-refractivity contribution in [3.63, 3.8) is 0 Å². The van der Waals surface area contributed by atoms with Crippen LogP contribution in [-0.2, 0) is 0 Å². The Labute approximate surface area is 78.8 Å². The van der Waals surface area contributed by atoms with Crippen molar-refractivity contribution in [2.75, 3.05) is 0 Å². The van der Waals surface area contributed by atoms with Gasteiger partial charge >= 0.3 is 0 Å². The van der Waals surface area contributed by atoms with Crippen LogP contribution in [0.25, 0.3) is 6.08 Å². The molecule has 0 heterocycles. The highest BCUT2D eigenvalue weighted by atomic mass is 16.6. The van der Waals surface area contributed by atoms with E-state index in [-0.39, 0.29) is 16.9 Å². The van der Waals surface area contributed by atoms with Crippen molar-refractivity contribution in [2.45, 2.75) is 0 Å². The Balaban J connectivity index is 3.47. The van der Waals surface area contributed by atoms with Crippen LogP contribution in [0.4, 0.5) is 11.4 Å². The van der Waals surface area contributed by atoms with Crippen LogP contribution in [0.5, 0.6) is 0 Å². The summed E-state index contributed by atoms with van der Waals surface area (Å²) in [5.41, 5.74) is -0.689. The molecule has 0 aliphatic rings. The predicted octanol–water partition coefficient (Wildman–Crippen LogP) is 2.15. The Bertz CT molecular complexity index is 382. The molecule has 6 heteroatoms. The third-order valence-corrected chi connectivity index (χ3v) is 1.66. The molecule has 0 aliphatic heterocycles. The van der Waals surface area contributed by atoms with Crippen molar-refractivity contribution in [3.8, 4) is 0 Å². The summed E-state index contributed by atoms with van der Waals surface area (Å²) in [6.07, 6.45) is 1.11. The zero-order valence-corrected chi connectivity index (χ0v) is 7.04. The smallest absolute Gasteiger partial charge is 0.258 e. The molecule has 0 radical (unpaired) electrons. The first-order valence-corrected chi connectivity index (χ1v) is 3.62. The number of nitrogens with zero attached hydrogens (tertiary/aromatic N) is 2. The van der Waals surface area contributed by atoms with E-state index in [2.05, 4.69) is 6.58 Å². The van der Waals surface area contributed by atoms with Gasteiger partial charge in [0.05, 0.1) is 9.85 Å². The van der Waals surface area contributed by atoms with Gasteiger partial charge < -0.3 is 0 Å². The average Bonchev–Trinajstić information content (AvgIpc) is 2.16. The second-order valence-corrected chi connectivity index (χ2v) is 2.43. The van der Waals surface area contributed by atoms with Gasteiger partial charge in [-0.3, -0.25) is 20.2 Å². The second kappa shape index (κ2) is 3.65. The number of hydrogen-bond acceptors (Lipinski definition) is 4. The van der Waals surface area contributed by atoms with Gasteiger partial charge in [-0.2, -0.15) is 0 Å². The summed E-state index contributed by atoms with van der Waals surface area (Å²) in [5, 5.41) is 21.0. The monoisotopic (exact) mass is 194 g/mol. The molecule has 0 bridgehead atoms. The normalized spacial score (nSPS) is 9.43. The van der Waals surface area contributed by atoms with Gasteiger partial charge in [0.15, 0.2) is 0 Å². The van der Waals surface area contributed by atoms with Crippen molar-refractivity contribution in [1.82, 2.24) is 0 Å². The molecular weight excluding hydrogens is 188 g/mol. The molecule has 1 rings (SSSR count). The van der Waals surface area contributed by atoms with Crippen molar-refractivity contribution in [2.24, 2.45) is 0 Å². The van der Waals surface area contributed by atoms with Crippen LogP contribution < -0.4 is 0 Å². The second-order valence-electron chi connectivity index (χ2n) is 2.43. The highest BCUT2D eigenvalue weighted by Gasteiger charge is 2.21. The van der Waals surface area contributed by atoms with Gasteiger partial charge in [-0.1, -0.05) is 6.58 Å². The Morgan fingerprint density at radius 1 is 1.14 bits per heavy atom. The number of hydrogen-bond donors (Lipinski definition) is 0. The molecule has 0 saturated heterocycles. The fourth-order valence-electron chi connectivity index (χ4n) is 1.07. The van der Waals surface area contributed by atoms with Gasteiger partial charge in [0, 0.05) is 12.1 Å². The molecule has 0 amide bonds. The lowest BCUT2D eigenvalue weighted by atomic mass is 10.1. The Morgan fingerprint density at radius 2 is 1.57 bits per heavy atom. The van der Waals surface area contributed by atoms with Gasteiger partial charge in [-0.25, -0.2) is 0 Å². The van der Waals surface area contributed by atoms with E-state index in [0.29, 0.717) is 0 Å². The minimum Gasteiger partial charge on any atom is -0.258 e. The van der Waals surface area contributed by atoms with E-state index in [9.17, 15) is 20.2 Å². The van der Waals surface area contributed by atoms with E-state index >= 15 is 0 Å². The van der Waals surface area contributed by atoms with Gasteiger partial charge in [0.1, 0.15) is 5.56 Å². The van der Waals surface area contributed by atoms with Crippen molar-refractivity contribution in [1.29, 1.82) is 0 Å². The summed E-state index contributed by atoms with van der Waals surface area (Å²) >= 11 is 0. The van der Waals surface area contributed by atoms with E-state index in [1.807, 2.05) is 0 Å². The molecule has 1 aromatic rings. The first-order valence-electron chi connectivity index (χ1n) is 3.62. The maximum absolute atomic E-state index is 10.5. The molecular formula is C8H6N2O4. The van der Waals surface area contributed by atoms with E-state index in [1.165, 1.54) is 18.2 Å². The summed E-state index contributed by atoms with van der Waals surface area (Å²) in [6, 6.07) is 3.66. The van der Waals surface area contributed by atoms with Crippen molar-refractivity contribution in [3.05, 3.63) is 50.6 Å². The Kier molecular flexibility index (Phi) is 2.57. The molecule has 0 aromatic heterocycles. The Morgan fingerprint density at radius 3 is 1.86 bits per heavy atom. The number of rotatable bonds is 3. The van der Waals surface area contributed by atoms with Crippen molar-refractivity contribution >= 4 is 17.5 Å². The SMILES string of the molecule is C=Cc1c([N+](=O)[O-])cccc1[N+](=O)[O-]. The number of nitro benzene ring substituents is 2. The fourth-order valence-corrected chi connectivity index (χ4v) is 1.07. The van der Waals surface area contributed by atoms with E-state index in [1.54, 1.807) is 0 Å². The molecule has 0 saturated carbocycles. The predicted molar refractivity (Wildman–Crippen MR) is 49.8 cm³/mol.